The number of nitrogens with one attached hydrogen (secondary N) is 2. The lowest BCUT2D eigenvalue weighted by molar-refractivity contribution is -0.117. The van der Waals surface area contributed by atoms with Gasteiger partial charge in [-0.1, -0.05) is 12.8 Å². The van der Waals surface area contributed by atoms with Gasteiger partial charge in [-0.15, -0.1) is 5.10 Å². The first-order valence-electron chi connectivity index (χ1n) is 9.28. The van der Waals surface area contributed by atoms with E-state index in [1.165, 1.54) is 0 Å². The van der Waals surface area contributed by atoms with Crippen molar-refractivity contribution in [2.45, 2.75) is 26.8 Å². The van der Waals surface area contributed by atoms with Crippen LogP contribution in [-0.2, 0) is 11.3 Å². The number of pyridine rings is 2. The minimum Gasteiger partial charge on any atom is -0.373 e. The van der Waals surface area contributed by atoms with Crippen molar-refractivity contribution in [3.05, 3.63) is 35.9 Å². The fourth-order valence-electron chi connectivity index (χ4n) is 3.05. The molecular weight excluding hydrogens is 354 g/mol. The van der Waals surface area contributed by atoms with Gasteiger partial charge in [-0.3, -0.25) is 4.79 Å². The summed E-state index contributed by atoms with van der Waals surface area (Å²) in [6.07, 6.45) is 5.99. The fourth-order valence-corrected chi connectivity index (χ4v) is 3.05. The molecule has 1 amide bonds. The molecule has 3 heterocycles. The molecule has 1 aliphatic rings. The van der Waals surface area contributed by atoms with Gasteiger partial charge in [0.25, 0.3) is 0 Å². The Labute approximate surface area is 162 Å². The fraction of sp³-hybridized carbons (Fsp3) is 0.350. The lowest BCUT2D eigenvalue weighted by Crippen LogP contribution is -2.15. The summed E-state index contributed by atoms with van der Waals surface area (Å²) in [5, 5.41) is 16.1. The smallest absolute Gasteiger partial charge is 0.228 e. The van der Waals surface area contributed by atoms with Crippen LogP contribution in [0, 0.1) is 23.7 Å². The molecule has 0 radical (unpaired) electrons. The Morgan fingerprint density at radius 2 is 2.07 bits per heavy atom. The molecular formula is C20H21N7O. The normalized spacial score (nSPS) is 17.7. The highest BCUT2D eigenvalue weighted by molar-refractivity contribution is 5.99. The van der Waals surface area contributed by atoms with Gasteiger partial charge >= 0.3 is 0 Å². The van der Waals surface area contributed by atoms with Crippen molar-refractivity contribution in [2.24, 2.45) is 11.8 Å². The van der Waals surface area contributed by atoms with Gasteiger partial charge in [0, 0.05) is 36.1 Å². The molecule has 142 valence electrons. The average Bonchev–Trinajstić information content (AvgIpc) is 3.26. The van der Waals surface area contributed by atoms with Crippen LogP contribution in [0.1, 0.15) is 31.5 Å². The highest BCUT2D eigenvalue weighted by atomic mass is 16.2. The van der Waals surface area contributed by atoms with E-state index in [0.29, 0.717) is 29.8 Å². The molecule has 3 aromatic rings. The Hall–Kier alpha value is -3.47. The summed E-state index contributed by atoms with van der Waals surface area (Å²) in [7, 11) is 1.81. The van der Waals surface area contributed by atoms with Crippen molar-refractivity contribution in [3.63, 3.8) is 0 Å². The third-order valence-electron chi connectivity index (χ3n) is 4.85. The highest BCUT2D eigenvalue weighted by Crippen LogP contribution is 2.38. The summed E-state index contributed by atoms with van der Waals surface area (Å²) in [5.74, 6) is 7.92. The van der Waals surface area contributed by atoms with Gasteiger partial charge in [-0.05, 0) is 31.2 Å². The summed E-state index contributed by atoms with van der Waals surface area (Å²) < 4.78 is 0. The maximum absolute atomic E-state index is 12.2. The minimum atomic E-state index is 0.0195. The van der Waals surface area contributed by atoms with Gasteiger partial charge in [0.2, 0.25) is 5.91 Å². The molecule has 0 aromatic carbocycles. The van der Waals surface area contributed by atoms with Crippen molar-refractivity contribution < 1.29 is 4.79 Å². The average molecular weight is 375 g/mol. The van der Waals surface area contributed by atoms with Crippen molar-refractivity contribution in [1.82, 2.24) is 25.0 Å². The Kier molecular flexibility index (Phi) is 4.65. The molecule has 0 aliphatic heterocycles. The van der Waals surface area contributed by atoms with Crippen LogP contribution in [0.15, 0.2) is 24.7 Å². The van der Waals surface area contributed by atoms with E-state index in [0.717, 1.165) is 22.8 Å². The molecule has 3 aromatic heterocycles. The molecule has 0 unspecified atom stereocenters. The second-order valence-corrected chi connectivity index (χ2v) is 6.86. The monoisotopic (exact) mass is 375 g/mol. The molecule has 0 bridgehead atoms. The predicted molar refractivity (Wildman–Crippen MR) is 107 cm³/mol. The first-order valence-corrected chi connectivity index (χ1v) is 9.28. The first kappa shape index (κ1) is 17.9. The Morgan fingerprint density at radius 1 is 1.25 bits per heavy atom. The van der Waals surface area contributed by atoms with E-state index in [9.17, 15) is 4.79 Å². The molecule has 2 atom stereocenters. The van der Waals surface area contributed by atoms with Gasteiger partial charge < -0.3 is 10.6 Å². The summed E-state index contributed by atoms with van der Waals surface area (Å²) in [6.45, 7) is 4.74. The van der Waals surface area contributed by atoms with E-state index < -0.39 is 0 Å². The SMILES string of the molecule is CCn1ncc(C#Cc2cnc(NC)c3cnc(NC(=O)[C@H]4C[C@H]4C)cc23)n1. The van der Waals surface area contributed by atoms with Gasteiger partial charge in [0.1, 0.15) is 11.6 Å². The number of nitrogens with zero attached hydrogens (tertiary/aromatic N) is 5. The number of hydrogen-bond donors (Lipinski definition) is 2. The number of anilines is 2. The zero-order valence-electron chi connectivity index (χ0n) is 16.0. The Bertz CT molecular complexity index is 1110. The highest BCUT2D eigenvalue weighted by Gasteiger charge is 2.39. The third kappa shape index (κ3) is 3.51. The van der Waals surface area contributed by atoms with Crippen LogP contribution >= 0.6 is 0 Å². The molecule has 1 aliphatic carbocycles. The van der Waals surface area contributed by atoms with Crippen molar-refractivity contribution in [3.8, 4) is 11.8 Å². The molecule has 8 heteroatoms. The van der Waals surface area contributed by atoms with Gasteiger partial charge in [-0.25, -0.2) is 9.97 Å². The second kappa shape index (κ2) is 7.27. The number of carbonyl (C=O) groups excluding carboxylic acids is 1. The maximum atomic E-state index is 12.2. The number of rotatable bonds is 4. The zero-order valence-corrected chi connectivity index (χ0v) is 16.0. The quantitative estimate of drug-likeness (QED) is 0.679. The lowest BCUT2D eigenvalue weighted by Gasteiger charge is -2.09. The summed E-state index contributed by atoms with van der Waals surface area (Å²) in [5.41, 5.74) is 1.33. The number of carbonyl (C=O) groups is 1. The number of aromatic nitrogens is 5. The number of aryl methyl sites for hydroxylation is 1. The van der Waals surface area contributed by atoms with Gasteiger partial charge in [-0.2, -0.15) is 9.90 Å². The van der Waals surface area contributed by atoms with Crippen molar-refractivity contribution in [1.29, 1.82) is 0 Å². The van der Waals surface area contributed by atoms with Crippen LogP contribution in [0.2, 0.25) is 0 Å². The van der Waals surface area contributed by atoms with Crippen molar-refractivity contribution in [2.75, 3.05) is 17.7 Å². The summed E-state index contributed by atoms with van der Waals surface area (Å²) >= 11 is 0. The molecule has 8 nitrogen and oxygen atoms in total. The topological polar surface area (TPSA) is 97.6 Å². The van der Waals surface area contributed by atoms with Crippen LogP contribution in [0.5, 0.6) is 0 Å². The lowest BCUT2D eigenvalue weighted by atomic mass is 10.1. The molecule has 2 N–H and O–H groups in total. The van der Waals surface area contributed by atoms with Crippen LogP contribution < -0.4 is 10.6 Å². The standard InChI is InChI=1S/C20H21N7O/c1-4-27-24-10-14(26-27)6-5-13-9-23-19(21-3)17-11-22-18(8-16(13)17)25-20(28)15-7-12(15)2/h8-12,15H,4,7H2,1-3H3,(H,21,23)(H,22,25,28)/t12-,15+/m1/s1. The summed E-state index contributed by atoms with van der Waals surface area (Å²) in [6, 6.07) is 1.84. The third-order valence-corrected chi connectivity index (χ3v) is 4.85. The van der Waals surface area contributed by atoms with Gasteiger partial charge in [0.05, 0.1) is 18.3 Å². The Morgan fingerprint density at radius 3 is 2.75 bits per heavy atom. The number of amides is 1. The van der Waals surface area contributed by atoms with Crippen LogP contribution in [-0.4, -0.2) is 37.9 Å². The predicted octanol–water partition coefficient (Wildman–Crippen LogP) is 2.28. The number of hydrogen-bond acceptors (Lipinski definition) is 6. The molecule has 28 heavy (non-hydrogen) atoms. The van der Waals surface area contributed by atoms with E-state index in [-0.39, 0.29) is 11.8 Å². The second-order valence-electron chi connectivity index (χ2n) is 6.86. The van der Waals surface area contributed by atoms with E-state index in [4.69, 9.17) is 0 Å². The van der Waals surface area contributed by atoms with Crippen LogP contribution in [0.4, 0.5) is 11.6 Å². The van der Waals surface area contributed by atoms with E-state index >= 15 is 0 Å². The molecule has 1 fully saturated rings. The molecule has 0 spiro atoms. The van der Waals surface area contributed by atoms with Gasteiger partial charge in [0.15, 0.2) is 5.69 Å². The zero-order chi connectivity index (χ0) is 19.7. The van der Waals surface area contributed by atoms with Crippen LogP contribution in [0.3, 0.4) is 0 Å². The minimum absolute atomic E-state index is 0.0195. The van der Waals surface area contributed by atoms with Crippen LogP contribution in [0.25, 0.3) is 10.8 Å². The maximum Gasteiger partial charge on any atom is 0.228 e. The molecule has 1 saturated carbocycles. The van der Waals surface area contributed by atoms with Crippen molar-refractivity contribution >= 4 is 28.3 Å². The largest absolute Gasteiger partial charge is 0.373 e. The summed E-state index contributed by atoms with van der Waals surface area (Å²) in [4.78, 5) is 22.6. The van der Waals surface area contributed by atoms with E-state index in [2.05, 4.69) is 49.6 Å². The Balaban J connectivity index is 1.70. The van der Waals surface area contributed by atoms with E-state index in [1.54, 1.807) is 30.4 Å². The van der Waals surface area contributed by atoms with E-state index in [1.807, 2.05) is 13.0 Å². The molecule has 4 rings (SSSR count). The number of fused-ring (bicyclic) bond motifs is 1. The first-order chi connectivity index (χ1) is 13.6. The molecule has 0 saturated heterocycles.